The molecule has 0 spiro atoms. The summed E-state index contributed by atoms with van der Waals surface area (Å²) in [5.74, 6) is 0.0484. The summed E-state index contributed by atoms with van der Waals surface area (Å²) < 4.78 is 5.07. The highest BCUT2D eigenvalue weighted by atomic mass is 79.9. The number of methoxy groups -OCH3 is 1. The van der Waals surface area contributed by atoms with E-state index in [0.29, 0.717) is 19.7 Å². The number of carbonyl (C=O) groups is 1. The first-order valence-electron chi connectivity index (χ1n) is 6.59. The van der Waals surface area contributed by atoms with Crippen molar-refractivity contribution in [1.82, 2.24) is 4.90 Å². The molecule has 2 rings (SSSR count). The lowest BCUT2D eigenvalue weighted by molar-refractivity contribution is 0.0709. The zero-order valence-electron chi connectivity index (χ0n) is 11.5. The van der Waals surface area contributed by atoms with E-state index < -0.39 is 0 Å². The Hall–Kier alpha value is -1.39. The molecule has 0 bridgehead atoms. The predicted octanol–water partition coefficient (Wildman–Crippen LogP) is 3.32. The Morgan fingerprint density at radius 3 is 2.60 bits per heavy atom. The van der Waals surface area contributed by atoms with Gasteiger partial charge in [0, 0.05) is 31.1 Å². The molecule has 0 aliphatic carbocycles. The molecule has 0 aliphatic rings. The molecule has 0 aliphatic heterocycles. The molecular weight excluding hydrogens is 318 g/mol. The summed E-state index contributed by atoms with van der Waals surface area (Å²) in [5, 5.41) is 2.99. The number of hydrogen-bond acceptors (Lipinski definition) is 2. The smallest absolute Gasteiger partial charge is 0.253 e. The van der Waals surface area contributed by atoms with Gasteiger partial charge in [-0.1, -0.05) is 46.3 Å². The van der Waals surface area contributed by atoms with E-state index in [1.165, 1.54) is 0 Å². The Balaban J connectivity index is 2.23. The van der Waals surface area contributed by atoms with Crippen LogP contribution in [-0.4, -0.2) is 42.9 Å². The quantitative estimate of drug-likeness (QED) is 0.758. The zero-order chi connectivity index (χ0) is 14.4. The van der Waals surface area contributed by atoms with Crippen LogP contribution in [0.25, 0.3) is 10.8 Å². The second-order valence-corrected chi connectivity index (χ2v) is 5.33. The van der Waals surface area contributed by atoms with Gasteiger partial charge in [-0.3, -0.25) is 4.79 Å². The van der Waals surface area contributed by atoms with Gasteiger partial charge in [-0.25, -0.2) is 0 Å². The van der Waals surface area contributed by atoms with E-state index in [4.69, 9.17) is 4.74 Å². The first-order chi connectivity index (χ1) is 9.76. The fourth-order valence-corrected chi connectivity index (χ4v) is 2.55. The van der Waals surface area contributed by atoms with Gasteiger partial charge in [0.2, 0.25) is 0 Å². The molecule has 0 unspecified atom stereocenters. The number of halogens is 1. The zero-order valence-corrected chi connectivity index (χ0v) is 13.1. The van der Waals surface area contributed by atoms with Crippen LogP contribution in [0.15, 0.2) is 42.5 Å². The predicted molar refractivity (Wildman–Crippen MR) is 85.5 cm³/mol. The average molecular weight is 336 g/mol. The number of alkyl halides is 1. The van der Waals surface area contributed by atoms with Crippen molar-refractivity contribution in [2.75, 3.05) is 32.1 Å². The van der Waals surface area contributed by atoms with Crippen molar-refractivity contribution in [2.45, 2.75) is 0 Å². The Morgan fingerprint density at radius 2 is 1.90 bits per heavy atom. The van der Waals surface area contributed by atoms with E-state index in [1.807, 2.05) is 47.4 Å². The molecule has 3 nitrogen and oxygen atoms in total. The molecule has 1 amide bonds. The summed E-state index contributed by atoms with van der Waals surface area (Å²) in [6, 6.07) is 13.9. The summed E-state index contributed by atoms with van der Waals surface area (Å²) in [5.41, 5.74) is 0.723. The molecule has 0 saturated heterocycles. The third kappa shape index (κ3) is 3.58. The molecular formula is C16H18BrNO2. The van der Waals surface area contributed by atoms with Crippen LogP contribution >= 0.6 is 15.9 Å². The maximum absolute atomic E-state index is 12.5. The fourth-order valence-electron chi connectivity index (χ4n) is 2.12. The van der Waals surface area contributed by atoms with Crippen LogP contribution in [0.2, 0.25) is 0 Å². The monoisotopic (exact) mass is 335 g/mol. The minimum atomic E-state index is 0.0484. The largest absolute Gasteiger partial charge is 0.383 e. The number of rotatable bonds is 6. The van der Waals surface area contributed by atoms with Gasteiger partial charge in [-0.2, -0.15) is 0 Å². The lowest BCUT2D eigenvalue weighted by atomic mass is 10.1. The standard InChI is InChI=1S/C16H18BrNO2/c1-20-11-10-18(9-8-17)16(19)15-7-6-13-4-2-3-5-14(13)12-15/h2-7,12H,8-11H2,1H3. The average Bonchev–Trinajstić information content (AvgIpc) is 2.50. The summed E-state index contributed by atoms with van der Waals surface area (Å²) in [6.45, 7) is 1.83. The molecule has 106 valence electrons. The SMILES string of the molecule is COCCN(CCBr)C(=O)c1ccc2ccccc2c1. The molecule has 0 aromatic heterocycles. The van der Waals surface area contributed by atoms with Gasteiger partial charge < -0.3 is 9.64 Å². The second-order valence-electron chi connectivity index (χ2n) is 4.54. The molecule has 20 heavy (non-hydrogen) atoms. The number of nitrogens with zero attached hydrogens (tertiary/aromatic N) is 1. The van der Waals surface area contributed by atoms with Gasteiger partial charge in [0.05, 0.1) is 6.61 Å². The van der Waals surface area contributed by atoms with Crippen molar-refractivity contribution in [3.05, 3.63) is 48.0 Å². The third-order valence-electron chi connectivity index (χ3n) is 3.20. The number of benzene rings is 2. The number of carbonyl (C=O) groups excluding carboxylic acids is 1. The first kappa shape index (κ1) is 15.0. The minimum Gasteiger partial charge on any atom is -0.383 e. The van der Waals surface area contributed by atoms with Crippen molar-refractivity contribution in [3.8, 4) is 0 Å². The van der Waals surface area contributed by atoms with Crippen LogP contribution in [0.3, 0.4) is 0 Å². The molecule has 0 radical (unpaired) electrons. The van der Waals surface area contributed by atoms with Crippen LogP contribution in [-0.2, 0) is 4.74 Å². The number of ether oxygens (including phenoxy) is 1. The van der Waals surface area contributed by atoms with Gasteiger partial charge in [0.1, 0.15) is 0 Å². The van der Waals surface area contributed by atoms with Gasteiger partial charge in [-0.15, -0.1) is 0 Å². The molecule has 2 aromatic carbocycles. The fraction of sp³-hybridized carbons (Fsp3) is 0.312. The van der Waals surface area contributed by atoms with E-state index >= 15 is 0 Å². The number of hydrogen-bond donors (Lipinski definition) is 0. The lowest BCUT2D eigenvalue weighted by Crippen LogP contribution is -2.35. The molecule has 2 aromatic rings. The van der Waals surface area contributed by atoms with Crippen LogP contribution in [0.4, 0.5) is 0 Å². The summed E-state index contributed by atoms with van der Waals surface area (Å²) in [4.78, 5) is 14.3. The van der Waals surface area contributed by atoms with Crippen molar-refractivity contribution < 1.29 is 9.53 Å². The van der Waals surface area contributed by atoms with Crippen molar-refractivity contribution in [1.29, 1.82) is 0 Å². The highest BCUT2D eigenvalue weighted by Crippen LogP contribution is 2.17. The molecule has 4 heteroatoms. The van der Waals surface area contributed by atoms with Crippen LogP contribution < -0.4 is 0 Å². The van der Waals surface area contributed by atoms with Gasteiger partial charge in [-0.05, 0) is 22.9 Å². The Morgan fingerprint density at radius 1 is 1.15 bits per heavy atom. The van der Waals surface area contributed by atoms with Gasteiger partial charge in [0.25, 0.3) is 5.91 Å². The van der Waals surface area contributed by atoms with Crippen molar-refractivity contribution in [2.24, 2.45) is 0 Å². The maximum atomic E-state index is 12.5. The Bertz CT molecular complexity index is 585. The van der Waals surface area contributed by atoms with Crippen molar-refractivity contribution in [3.63, 3.8) is 0 Å². The van der Waals surface area contributed by atoms with E-state index in [2.05, 4.69) is 15.9 Å². The summed E-state index contributed by atoms with van der Waals surface area (Å²) in [7, 11) is 1.65. The van der Waals surface area contributed by atoms with Crippen LogP contribution in [0.1, 0.15) is 10.4 Å². The molecule has 0 atom stereocenters. The topological polar surface area (TPSA) is 29.5 Å². The van der Waals surface area contributed by atoms with E-state index in [1.54, 1.807) is 7.11 Å². The number of fused-ring (bicyclic) bond motifs is 1. The molecule has 0 heterocycles. The van der Waals surface area contributed by atoms with Crippen LogP contribution in [0.5, 0.6) is 0 Å². The maximum Gasteiger partial charge on any atom is 0.253 e. The van der Waals surface area contributed by atoms with Crippen molar-refractivity contribution >= 4 is 32.6 Å². The normalized spacial score (nSPS) is 10.7. The molecule has 0 N–H and O–H groups in total. The highest BCUT2D eigenvalue weighted by Gasteiger charge is 2.15. The van der Waals surface area contributed by atoms with E-state index in [0.717, 1.165) is 21.7 Å². The van der Waals surface area contributed by atoms with E-state index in [-0.39, 0.29) is 5.91 Å². The lowest BCUT2D eigenvalue weighted by Gasteiger charge is -2.21. The summed E-state index contributed by atoms with van der Waals surface area (Å²) in [6.07, 6.45) is 0. The van der Waals surface area contributed by atoms with Gasteiger partial charge >= 0.3 is 0 Å². The van der Waals surface area contributed by atoms with E-state index in [9.17, 15) is 4.79 Å². The minimum absolute atomic E-state index is 0.0484. The van der Waals surface area contributed by atoms with Crippen LogP contribution in [0, 0.1) is 0 Å². The summed E-state index contributed by atoms with van der Waals surface area (Å²) >= 11 is 3.39. The first-order valence-corrected chi connectivity index (χ1v) is 7.71. The molecule has 0 saturated carbocycles. The number of amides is 1. The third-order valence-corrected chi connectivity index (χ3v) is 3.56. The Kier molecular flexibility index (Phi) is 5.56. The van der Waals surface area contributed by atoms with Gasteiger partial charge in [0.15, 0.2) is 0 Å². The Labute approximate surface area is 127 Å². The highest BCUT2D eigenvalue weighted by molar-refractivity contribution is 9.09. The second kappa shape index (κ2) is 7.41. The molecule has 0 fully saturated rings.